The van der Waals surface area contributed by atoms with E-state index >= 15 is 0 Å². The van der Waals surface area contributed by atoms with Gasteiger partial charge in [-0.3, -0.25) is 4.79 Å². The van der Waals surface area contributed by atoms with Crippen LogP contribution in [0.4, 0.5) is 0 Å². The van der Waals surface area contributed by atoms with Gasteiger partial charge in [-0.1, -0.05) is 36.2 Å². The van der Waals surface area contributed by atoms with E-state index < -0.39 is 5.24 Å². The maximum absolute atomic E-state index is 11.4. The first-order valence-electron chi connectivity index (χ1n) is 7.12. The Labute approximate surface area is 148 Å². The van der Waals surface area contributed by atoms with Gasteiger partial charge in [-0.25, -0.2) is 4.98 Å². The summed E-state index contributed by atoms with van der Waals surface area (Å²) in [4.78, 5) is 16.0. The second kappa shape index (κ2) is 6.52. The van der Waals surface area contributed by atoms with Crippen LogP contribution in [0.5, 0.6) is 0 Å². The van der Waals surface area contributed by atoms with Crippen molar-refractivity contribution >= 4 is 51.1 Å². The van der Waals surface area contributed by atoms with Crippen molar-refractivity contribution in [2.24, 2.45) is 0 Å². The summed E-state index contributed by atoms with van der Waals surface area (Å²) in [5.41, 5.74) is 3.07. The van der Waals surface area contributed by atoms with E-state index in [9.17, 15) is 4.79 Å². The smallest absolute Gasteiger partial charge is 0.252 e. The summed E-state index contributed by atoms with van der Waals surface area (Å²) in [6.45, 7) is 2.59. The predicted molar refractivity (Wildman–Crippen MR) is 94.9 cm³/mol. The molecule has 0 atom stereocenters. The number of fused-ring (bicyclic) bond motifs is 1. The third-order valence-electron chi connectivity index (χ3n) is 3.71. The van der Waals surface area contributed by atoms with Crippen molar-refractivity contribution in [1.82, 2.24) is 9.55 Å². The highest BCUT2D eigenvalue weighted by Crippen LogP contribution is 2.25. The zero-order chi connectivity index (χ0) is 16.6. The van der Waals surface area contributed by atoms with E-state index in [0.717, 1.165) is 28.8 Å². The molecule has 0 aliphatic heterocycles. The maximum Gasteiger partial charge on any atom is 0.252 e. The molecular weight excluding hydrogens is 355 g/mol. The van der Waals surface area contributed by atoms with E-state index in [1.54, 1.807) is 24.3 Å². The number of halogens is 3. The lowest BCUT2D eigenvalue weighted by atomic mass is 10.2. The Hall–Kier alpha value is -1.55. The molecule has 3 aromatic rings. The van der Waals surface area contributed by atoms with Gasteiger partial charge in [0.05, 0.1) is 17.6 Å². The summed E-state index contributed by atoms with van der Waals surface area (Å²) >= 11 is 17.8. The third kappa shape index (κ3) is 3.23. The average molecular weight is 368 g/mol. The molecule has 0 unspecified atom stereocenters. The number of carbonyl (C=O) groups excluding carboxylic acids is 1. The quantitative estimate of drug-likeness (QED) is 0.584. The zero-order valence-electron chi connectivity index (χ0n) is 12.3. The van der Waals surface area contributed by atoms with E-state index in [1.807, 2.05) is 23.6 Å². The molecule has 0 saturated heterocycles. The first-order chi connectivity index (χ1) is 11.0. The molecule has 1 aromatic heterocycles. The van der Waals surface area contributed by atoms with Crippen molar-refractivity contribution in [2.45, 2.75) is 19.9 Å². The molecule has 3 rings (SSSR count). The van der Waals surface area contributed by atoms with Gasteiger partial charge < -0.3 is 4.57 Å². The maximum atomic E-state index is 11.4. The first-order valence-corrected chi connectivity index (χ1v) is 8.26. The van der Waals surface area contributed by atoms with E-state index in [4.69, 9.17) is 34.8 Å². The third-order valence-corrected chi connectivity index (χ3v) is 4.52. The normalized spacial score (nSPS) is 11.1. The molecule has 0 aliphatic rings. The summed E-state index contributed by atoms with van der Waals surface area (Å²) in [6, 6.07) is 10.7. The predicted octanol–water partition coefficient (Wildman–Crippen LogP) is 5.33. The van der Waals surface area contributed by atoms with E-state index in [-0.39, 0.29) is 0 Å². The van der Waals surface area contributed by atoms with Crippen LogP contribution in [0.3, 0.4) is 0 Å². The van der Waals surface area contributed by atoms with Crippen LogP contribution in [0.2, 0.25) is 10.0 Å². The number of aromatic nitrogens is 2. The minimum absolute atomic E-state index is 0.449. The van der Waals surface area contributed by atoms with Crippen LogP contribution in [-0.2, 0) is 13.0 Å². The van der Waals surface area contributed by atoms with Crippen LogP contribution in [-0.4, -0.2) is 14.8 Å². The van der Waals surface area contributed by atoms with Crippen molar-refractivity contribution in [1.29, 1.82) is 0 Å². The van der Waals surface area contributed by atoms with Crippen LogP contribution in [0.15, 0.2) is 36.4 Å². The fourth-order valence-electron chi connectivity index (χ4n) is 2.56. The Kier molecular flexibility index (Phi) is 4.62. The Balaban J connectivity index is 2.14. The molecular formula is C17H13Cl3N2O. The monoisotopic (exact) mass is 366 g/mol. The topological polar surface area (TPSA) is 34.9 Å². The Morgan fingerprint density at radius 3 is 2.61 bits per heavy atom. The molecule has 3 nitrogen and oxygen atoms in total. The highest BCUT2D eigenvalue weighted by molar-refractivity contribution is 6.67. The number of imidazole rings is 1. The largest absolute Gasteiger partial charge is 0.323 e. The second-order valence-corrected chi connectivity index (χ2v) is 6.37. The van der Waals surface area contributed by atoms with Crippen molar-refractivity contribution < 1.29 is 4.79 Å². The van der Waals surface area contributed by atoms with Crippen LogP contribution in [0.25, 0.3) is 11.0 Å². The number of nitrogens with zero attached hydrogens (tertiary/aromatic N) is 2. The summed E-state index contributed by atoms with van der Waals surface area (Å²) in [5.74, 6) is 0.921. The summed E-state index contributed by atoms with van der Waals surface area (Å²) in [5, 5.41) is 0.716. The molecule has 0 radical (unpaired) electrons. The molecule has 118 valence electrons. The molecule has 23 heavy (non-hydrogen) atoms. The highest BCUT2D eigenvalue weighted by atomic mass is 35.5. The first kappa shape index (κ1) is 16.3. The van der Waals surface area contributed by atoms with Crippen molar-refractivity contribution in [3.8, 4) is 0 Å². The summed E-state index contributed by atoms with van der Waals surface area (Å²) in [6.07, 6.45) is 0.768. The lowest BCUT2D eigenvalue weighted by Crippen LogP contribution is -2.05. The molecule has 0 fully saturated rings. The second-order valence-electron chi connectivity index (χ2n) is 5.18. The molecule has 0 aliphatic carbocycles. The van der Waals surface area contributed by atoms with Gasteiger partial charge >= 0.3 is 0 Å². The molecule has 0 spiro atoms. The van der Waals surface area contributed by atoms with Gasteiger partial charge in [-0.05, 0) is 47.5 Å². The SMILES string of the molecule is CCc1nc2ccc(C(=O)Cl)cc2n1Cc1ccc(Cl)cc1Cl. The van der Waals surface area contributed by atoms with Gasteiger partial charge in [0.15, 0.2) is 0 Å². The van der Waals surface area contributed by atoms with Crippen molar-refractivity contribution in [3.05, 3.63) is 63.4 Å². The number of aryl methyl sites for hydroxylation is 1. The molecule has 0 saturated carbocycles. The van der Waals surface area contributed by atoms with Crippen molar-refractivity contribution in [2.75, 3.05) is 0 Å². The van der Waals surface area contributed by atoms with Gasteiger partial charge in [-0.2, -0.15) is 0 Å². The molecule has 1 heterocycles. The number of benzene rings is 2. The minimum Gasteiger partial charge on any atom is -0.323 e. The van der Waals surface area contributed by atoms with E-state index in [1.165, 1.54) is 0 Å². The Morgan fingerprint density at radius 2 is 1.96 bits per heavy atom. The Bertz CT molecular complexity index is 902. The van der Waals surface area contributed by atoms with Gasteiger partial charge in [0, 0.05) is 22.0 Å². The number of hydrogen-bond acceptors (Lipinski definition) is 2. The number of hydrogen-bond donors (Lipinski definition) is 0. The molecule has 2 aromatic carbocycles. The molecule has 0 bridgehead atoms. The fraction of sp³-hybridized carbons (Fsp3) is 0.176. The van der Waals surface area contributed by atoms with Crippen LogP contribution < -0.4 is 0 Å². The lowest BCUT2D eigenvalue weighted by molar-refractivity contribution is 0.108. The number of carbonyl (C=O) groups is 1. The average Bonchev–Trinajstić information content (AvgIpc) is 2.87. The van der Waals surface area contributed by atoms with Gasteiger partial charge in [0.25, 0.3) is 5.24 Å². The molecule has 0 N–H and O–H groups in total. The van der Waals surface area contributed by atoms with Gasteiger partial charge in [0.1, 0.15) is 5.82 Å². The molecule has 6 heteroatoms. The standard InChI is InChI=1S/C17H13Cl3N2O/c1-2-16-21-14-6-4-10(17(20)23)7-15(14)22(16)9-11-3-5-12(18)8-13(11)19/h3-8H,2,9H2,1H3. The van der Waals surface area contributed by atoms with Crippen LogP contribution >= 0.6 is 34.8 Å². The van der Waals surface area contributed by atoms with Crippen LogP contribution in [0.1, 0.15) is 28.7 Å². The summed E-state index contributed by atoms with van der Waals surface area (Å²) in [7, 11) is 0. The van der Waals surface area contributed by atoms with Gasteiger partial charge in [0.2, 0.25) is 0 Å². The highest BCUT2D eigenvalue weighted by Gasteiger charge is 2.13. The number of rotatable bonds is 4. The zero-order valence-corrected chi connectivity index (χ0v) is 14.6. The van der Waals surface area contributed by atoms with E-state index in [2.05, 4.69) is 4.98 Å². The Morgan fingerprint density at radius 1 is 1.17 bits per heavy atom. The minimum atomic E-state index is -0.484. The van der Waals surface area contributed by atoms with Crippen molar-refractivity contribution in [3.63, 3.8) is 0 Å². The van der Waals surface area contributed by atoms with Crippen LogP contribution in [0, 0.1) is 0 Å². The lowest BCUT2D eigenvalue weighted by Gasteiger charge is -2.10. The summed E-state index contributed by atoms with van der Waals surface area (Å²) < 4.78 is 2.05. The fourth-order valence-corrected chi connectivity index (χ4v) is 3.15. The van der Waals surface area contributed by atoms with Gasteiger partial charge in [-0.15, -0.1) is 0 Å². The molecule has 0 amide bonds. The van der Waals surface area contributed by atoms with E-state index in [0.29, 0.717) is 22.2 Å².